The third-order valence-corrected chi connectivity index (χ3v) is 5.36. The van der Waals surface area contributed by atoms with Crippen LogP contribution in [0.4, 0.5) is 0 Å². The molecule has 0 spiro atoms. The predicted molar refractivity (Wildman–Crippen MR) is 95.8 cm³/mol. The summed E-state index contributed by atoms with van der Waals surface area (Å²) in [5.74, 6) is -0.681. The number of carbonyl (C=O) groups excluding carboxylic acids is 1. The van der Waals surface area contributed by atoms with Gasteiger partial charge in [-0.1, -0.05) is 46.0 Å². The molecule has 0 saturated heterocycles. The van der Waals surface area contributed by atoms with Gasteiger partial charge < -0.3 is 9.84 Å². The molecule has 1 aliphatic carbocycles. The van der Waals surface area contributed by atoms with Crippen LogP contribution in [0.25, 0.3) is 0 Å². The molecule has 0 heterocycles. The molecule has 0 aromatic carbocycles. The Labute approximate surface area is 147 Å². The van der Waals surface area contributed by atoms with Gasteiger partial charge in [-0.3, -0.25) is 9.59 Å². The van der Waals surface area contributed by atoms with E-state index >= 15 is 0 Å². The second-order valence-corrected chi connectivity index (χ2v) is 8.04. The smallest absolute Gasteiger partial charge is 0.309 e. The lowest BCUT2D eigenvalue weighted by molar-refractivity contribution is -0.165. The highest BCUT2D eigenvalue weighted by molar-refractivity contribution is 5.74. The number of rotatable bonds is 10. The summed E-state index contributed by atoms with van der Waals surface area (Å²) in [6.45, 7) is 8.44. The minimum atomic E-state index is -0.736. The maximum Gasteiger partial charge on any atom is 0.309 e. The molecular weight excluding hydrogens is 304 g/mol. The lowest BCUT2D eigenvalue weighted by atomic mass is 9.82. The summed E-state index contributed by atoms with van der Waals surface area (Å²) >= 11 is 0. The molecule has 4 heteroatoms. The topological polar surface area (TPSA) is 63.6 Å². The molecule has 0 bridgehead atoms. The molecule has 0 radical (unpaired) electrons. The first-order valence-electron chi connectivity index (χ1n) is 9.74. The fourth-order valence-electron chi connectivity index (χ4n) is 3.80. The van der Waals surface area contributed by atoms with E-state index in [1.54, 1.807) is 0 Å². The van der Waals surface area contributed by atoms with Crippen molar-refractivity contribution < 1.29 is 19.4 Å². The minimum absolute atomic E-state index is 0.125. The summed E-state index contributed by atoms with van der Waals surface area (Å²) in [5, 5.41) is 9.05. The number of aliphatic carboxylic acids is 1. The maximum absolute atomic E-state index is 12.5. The molecule has 1 rings (SSSR count). The van der Waals surface area contributed by atoms with Gasteiger partial charge in [-0.05, 0) is 51.9 Å². The average Bonchev–Trinajstić information content (AvgIpc) is 2.53. The third kappa shape index (κ3) is 7.23. The van der Waals surface area contributed by atoms with Gasteiger partial charge >= 0.3 is 11.9 Å². The molecule has 1 unspecified atom stereocenters. The Balaban J connectivity index is 2.44. The van der Waals surface area contributed by atoms with Gasteiger partial charge in [0.05, 0.1) is 11.8 Å². The summed E-state index contributed by atoms with van der Waals surface area (Å²) in [6, 6.07) is 0. The molecule has 0 aromatic rings. The summed E-state index contributed by atoms with van der Waals surface area (Å²) in [5.41, 5.74) is -0.437. The fourth-order valence-corrected chi connectivity index (χ4v) is 3.80. The van der Waals surface area contributed by atoms with Crippen LogP contribution in [0, 0.1) is 17.8 Å². The van der Waals surface area contributed by atoms with Gasteiger partial charge in [-0.2, -0.15) is 0 Å². The van der Waals surface area contributed by atoms with Crippen molar-refractivity contribution in [1.82, 2.24) is 0 Å². The van der Waals surface area contributed by atoms with Crippen LogP contribution in [0.5, 0.6) is 0 Å². The van der Waals surface area contributed by atoms with Gasteiger partial charge in [-0.15, -0.1) is 0 Å². The van der Waals surface area contributed by atoms with Crippen LogP contribution in [-0.4, -0.2) is 22.6 Å². The van der Waals surface area contributed by atoms with Crippen LogP contribution >= 0.6 is 0 Å². The summed E-state index contributed by atoms with van der Waals surface area (Å²) < 4.78 is 5.83. The van der Waals surface area contributed by atoms with E-state index < -0.39 is 11.6 Å². The SMILES string of the molecule is CCCCCC(CC)CC(C)(C)OC(=O)C1CCC(C(=O)O)CC1. The standard InChI is InChI=1S/C20H36O4/c1-5-7-8-9-15(6-2)14-20(3,4)24-19(23)17-12-10-16(11-13-17)18(21)22/h15-17H,5-14H2,1-4H3,(H,21,22). The van der Waals surface area contributed by atoms with Crippen molar-refractivity contribution in [3.05, 3.63) is 0 Å². The van der Waals surface area contributed by atoms with Crippen molar-refractivity contribution in [3.8, 4) is 0 Å². The van der Waals surface area contributed by atoms with Crippen LogP contribution in [0.3, 0.4) is 0 Å². The van der Waals surface area contributed by atoms with Gasteiger partial charge in [0.15, 0.2) is 0 Å². The molecule has 1 saturated carbocycles. The largest absolute Gasteiger partial charge is 0.481 e. The second-order valence-electron chi connectivity index (χ2n) is 8.04. The number of ether oxygens (including phenoxy) is 1. The lowest BCUT2D eigenvalue weighted by Crippen LogP contribution is -2.35. The Morgan fingerprint density at radius 2 is 1.67 bits per heavy atom. The van der Waals surface area contributed by atoms with Crippen LogP contribution in [0.1, 0.15) is 91.9 Å². The summed E-state index contributed by atoms with van der Waals surface area (Å²) in [7, 11) is 0. The molecule has 0 aromatic heterocycles. The van der Waals surface area contributed by atoms with Crippen molar-refractivity contribution in [2.75, 3.05) is 0 Å². The number of hydrogen-bond acceptors (Lipinski definition) is 3. The molecule has 1 fully saturated rings. The molecule has 0 amide bonds. The first-order chi connectivity index (χ1) is 11.3. The van der Waals surface area contributed by atoms with Gasteiger partial charge in [0.25, 0.3) is 0 Å². The Morgan fingerprint density at radius 3 is 2.17 bits per heavy atom. The first kappa shape index (κ1) is 21.0. The van der Waals surface area contributed by atoms with E-state index in [2.05, 4.69) is 13.8 Å². The molecule has 0 aliphatic heterocycles. The number of carboxylic acid groups (broad SMARTS) is 1. The summed E-state index contributed by atoms with van der Waals surface area (Å²) in [4.78, 5) is 23.5. The highest BCUT2D eigenvalue weighted by Crippen LogP contribution is 2.33. The van der Waals surface area contributed by atoms with E-state index in [0.717, 1.165) is 12.8 Å². The Kier molecular flexibility index (Phi) is 8.79. The zero-order valence-electron chi connectivity index (χ0n) is 16.0. The van der Waals surface area contributed by atoms with Crippen molar-refractivity contribution >= 4 is 11.9 Å². The number of unbranched alkanes of at least 4 members (excludes halogenated alkanes) is 2. The van der Waals surface area contributed by atoms with Crippen molar-refractivity contribution in [2.24, 2.45) is 17.8 Å². The monoisotopic (exact) mass is 340 g/mol. The van der Waals surface area contributed by atoms with E-state index in [-0.39, 0.29) is 17.8 Å². The Morgan fingerprint density at radius 1 is 1.08 bits per heavy atom. The lowest BCUT2D eigenvalue weighted by Gasteiger charge is -2.32. The van der Waals surface area contributed by atoms with Gasteiger partial charge in [0, 0.05) is 0 Å². The van der Waals surface area contributed by atoms with E-state index in [1.165, 1.54) is 25.7 Å². The van der Waals surface area contributed by atoms with Gasteiger partial charge in [0.2, 0.25) is 0 Å². The number of hydrogen-bond donors (Lipinski definition) is 1. The van der Waals surface area contributed by atoms with Crippen LogP contribution < -0.4 is 0 Å². The molecule has 24 heavy (non-hydrogen) atoms. The normalized spacial score (nSPS) is 22.8. The second kappa shape index (κ2) is 10.0. The Bertz CT molecular complexity index is 394. The number of carbonyl (C=O) groups is 2. The Hall–Kier alpha value is -1.06. The average molecular weight is 341 g/mol. The molecular formula is C20H36O4. The fraction of sp³-hybridized carbons (Fsp3) is 0.900. The van der Waals surface area contributed by atoms with Crippen LogP contribution in [-0.2, 0) is 14.3 Å². The van der Waals surface area contributed by atoms with Crippen molar-refractivity contribution in [2.45, 2.75) is 97.5 Å². The summed E-state index contributed by atoms with van der Waals surface area (Å²) in [6.07, 6.45) is 9.43. The molecule has 1 N–H and O–H groups in total. The van der Waals surface area contributed by atoms with Crippen molar-refractivity contribution in [3.63, 3.8) is 0 Å². The molecule has 1 aliphatic rings. The quantitative estimate of drug-likeness (QED) is 0.439. The first-order valence-corrected chi connectivity index (χ1v) is 9.74. The third-order valence-electron chi connectivity index (χ3n) is 5.36. The van der Waals surface area contributed by atoms with E-state index in [9.17, 15) is 9.59 Å². The van der Waals surface area contributed by atoms with E-state index in [0.29, 0.717) is 31.6 Å². The number of carboxylic acids is 1. The molecule has 140 valence electrons. The zero-order valence-corrected chi connectivity index (χ0v) is 16.0. The molecule has 4 nitrogen and oxygen atoms in total. The van der Waals surface area contributed by atoms with Crippen LogP contribution in [0.2, 0.25) is 0 Å². The highest BCUT2D eigenvalue weighted by Gasteiger charge is 2.34. The van der Waals surface area contributed by atoms with Crippen molar-refractivity contribution in [1.29, 1.82) is 0 Å². The van der Waals surface area contributed by atoms with E-state index in [4.69, 9.17) is 9.84 Å². The van der Waals surface area contributed by atoms with Gasteiger partial charge in [0.1, 0.15) is 5.60 Å². The van der Waals surface area contributed by atoms with E-state index in [1.807, 2.05) is 13.8 Å². The van der Waals surface area contributed by atoms with Gasteiger partial charge in [-0.25, -0.2) is 0 Å². The number of esters is 1. The zero-order chi connectivity index (χ0) is 18.2. The predicted octanol–water partition coefficient (Wildman–Crippen LogP) is 5.20. The minimum Gasteiger partial charge on any atom is -0.481 e. The highest BCUT2D eigenvalue weighted by atomic mass is 16.6. The van der Waals surface area contributed by atoms with Crippen LogP contribution in [0.15, 0.2) is 0 Å². The maximum atomic E-state index is 12.5. The molecule has 1 atom stereocenters.